The topological polar surface area (TPSA) is 73.2 Å². The number of hydrogen-bond acceptors (Lipinski definition) is 4. The van der Waals surface area contributed by atoms with Gasteiger partial charge in [-0.25, -0.2) is 9.48 Å². The molecule has 1 heterocycles. The molecule has 1 fully saturated rings. The molecule has 1 aromatic heterocycles. The van der Waals surface area contributed by atoms with Crippen molar-refractivity contribution in [3.8, 4) is 5.69 Å². The Hall–Kier alpha value is -2.63. The molecule has 1 amide bonds. The van der Waals surface area contributed by atoms with Crippen LogP contribution in [0.1, 0.15) is 54.4 Å². The van der Waals surface area contributed by atoms with Crippen molar-refractivity contribution in [2.24, 2.45) is 0 Å². The fourth-order valence-electron chi connectivity index (χ4n) is 3.42. The first kappa shape index (κ1) is 18.2. The third kappa shape index (κ3) is 3.79. The fraction of sp³-hybridized carbons (Fsp3) is 0.450. The lowest BCUT2D eigenvalue weighted by Crippen LogP contribution is -2.40. The molecular formula is C20H25N3O3. The Morgan fingerprint density at radius 3 is 2.50 bits per heavy atom. The number of nitrogens with zero attached hydrogens (tertiary/aromatic N) is 2. The minimum absolute atomic E-state index is 0.202. The first-order valence-corrected chi connectivity index (χ1v) is 9.10. The number of ether oxygens (including phenoxy) is 1. The van der Waals surface area contributed by atoms with Crippen molar-refractivity contribution >= 4 is 11.9 Å². The summed E-state index contributed by atoms with van der Waals surface area (Å²) in [5, 5.41) is 7.41. The largest absolute Gasteiger partial charge is 0.449 e. The van der Waals surface area contributed by atoms with Gasteiger partial charge in [0.1, 0.15) is 5.56 Å². The van der Waals surface area contributed by atoms with Gasteiger partial charge in [0.05, 0.1) is 17.1 Å². The Morgan fingerprint density at radius 2 is 1.85 bits per heavy atom. The number of aryl methyl sites for hydroxylation is 1. The number of aromatic nitrogens is 2. The van der Waals surface area contributed by atoms with Gasteiger partial charge in [-0.15, -0.1) is 0 Å². The number of carbonyl (C=O) groups excluding carboxylic acids is 2. The Kier molecular flexibility index (Phi) is 5.40. The molecule has 1 atom stereocenters. The summed E-state index contributed by atoms with van der Waals surface area (Å²) < 4.78 is 7.13. The molecule has 1 aliphatic carbocycles. The summed E-state index contributed by atoms with van der Waals surface area (Å²) in [6.45, 7) is 5.20. The first-order valence-electron chi connectivity index (χ1n) is 9.10. The number of hydrogen-bond donors (Lipinski definition) is 1. The van der Waals surface area contributed by atoms with E-state index in [-0.39, 0.29) is 11.9 Å². The van der Waals surface area contributed by atoms with Crippen LogP contribution in [0.2, 0.25) is 0 Å². The number of para-hydroxylation sites is 1. The number of esters is 1. The van der Waals surface area contributed by atoms with Gasteiger partial charge in [-0.3, -0.25) is 4.79 Å². The van der Waals surface area contributed by atoms with E-state index in [9.17, 15) is 9.59 Å². The van der Waals surface area contributed by atoms with Crippen LogP contribution in [-0.4, -0.2) is 33.8 Å². The molecule has 0 spiro atoms. The predicted octanol–water partition coefficient (Wildman–Crippen LogP) is 3.09. The second-order valence-corrected chi connectivity index (χ2v) is 6.83. The zero-order valence-corrected chi connectivity index (χ0v) is 15.5. The molecule has 1 saturated carbocycles. The lowest BCUT2D eigenvalue weighted by molar-refractivity contribution is -0.129. The molecule has 0 unspecified atom stereocenters. The Bertz CT molecular complexity index is 792. The molecule has 2 aromatic rings. The Labute approximate surface area is 153 Å². The summed E-state index contributed by atoms with van der Waals surface area (Å²) in [7, 11) is 0. The standard InChI is InChI=1S/C20H25N3O3/c1-13-18(14(2)23(22-13)17-11-5-4-6-12-17)20(25)26-15(3)19(24)21-16-9-7-8-10-16/h4-6,11-12,15-16H,7-10H2,1-3H3,(H,21,24)/t15-/m0/s1. The van der Waals surface area contributed by atoms with Gasteiger partial charge in [-0.2, -0.15) is 5.10 Å². The van der Waals surface area contributed by atoms with Crippen LogP contribution in [0.5, 0.6) is 0 Å². The molecule has 1 aromatic carbocycles. The summed E-state index contributed by atoms with van der Waals surface area (Å²) in [6, 6.07) is 9.80. The third-order valence-corrected chi connectivity index (χ3v) is 4.85. The van der Waals surface area contributed by atoms with Crippen molar-refractivity contribution in [1.82, 2.24) is 15.1 Å². The van der Waals surface area contributed by atoms with Gasteiger partial charge in [0.25, 0.3) is 5.91 Å². The molecule has 0 saturated heterocycles. The van der Waals surface area contributed by atoms with Crippen molar-refractivity contribution in [1.29, 1.82) is 0 Å². The van der Waals surface area contributed by atoms with Crippen molar-refractivity contribution in [2.45, 2.75) is 58.6 Å². The van der Waals surface area contributed by atoms with E-state index in [0.717, 1.165) is 31.4 Å². The van der Waals surface area contributed by atoms with Gasteiger partial charge in [0.15, 0.2) is 6.10 Å². The number of rotatable bonds is 5. The summed E-state index contributed by atoms with van der Waals surface area (Å²) in [5.41, 5.74) is 2.57. The van der Waals surface area contributed by atoms with Crippen LogP contribution >= 0.6 is 0 Å². The van der Waals surface area contributed by atoms with Crippen LogP contribution in [-0.2, 0) is 9.53 Å². The molecule has 1 aliphatic rings. The van der Waals surface area contributed by atoms with Gasteiger partial charge in [-0.05, 0) is 45.7 Å². The average Bonchev–Trinajstić information content (AvgIpc) is 3.23. The summed E-state index contributed by atoms with van der Waals surface area (Å²) >= 11 is 0. The number of amides is 1. The SMILES string of the molecule is Cc1nn(-c2ccccc2)c(C)c1C(=O)O[C@@H](C)C(=O)NC1CCCC1. The van der Waals surface area contributed by atoms with E-state index in [2.05, 4.69) is 10.4 Å². The average molecular weight is 355 g/mol. The van der Waals surface area contributed by atoms with Crippen LogP contribution in [0, 0.1) is 13.8 Å². The molecule has 0 aliphatic heterocycles. The van der Waals surface area contributed by atoms with E-state index in [1.165, 1.54) is 0 Å². The highest BCUT2D eigenvalue weighted by Crippen LogP contribution is 2.20. The van der Waals surface area contributed by atoms with Gasteiger partial charge in [0, 0.05) is 6.04 Å². The lowest BCUT2D eigenvalue weighted by Gasteiger charge is -2.17. The molecular weight excluding hydrogens is 330 g/mol. The highest BCUT2D eigenvalue weighted by molar-refractivity contribution is 5.94. The Balaban J connectivity index is 1.71. The minimum atomic E-state index is -0.832. The van der Waals surface area contributed by atoms with E-state index in [1.807, 2.05) is 37.3 Å². The summed E-state index contributed by atoms with van der Waals surface area (Å²) in [5.74, 6) is -0.757. The molecule has 0 bridgehead atoms. The molecule has 1 N–H and O–H groups in total. The van der Waals surface area contributed by atoms with Crippen LogP contribution in [0.15, 0.2) is 30.3 Å². The van der Waals surface area contributed by atoms with E-state index < -0.39 is 12.1 Å². The molecule has 138 valence electrons. The molecule has 0 radical (unpaired) electrons. The van der Waals surface area contributed by atoms with Crippen molar-refractivity contribution < 1.29 is 14.3 Å². The van der Waals surface area contributed by atoms with E-state index in [1.54, 1.807) is 18.5 Å². The monoisotopic (exact) mass is 355 g/mol. The Morgan fingerprint density at radius 1 is 1.19 bits per heavy atom. The zero-order valence-electron chi connectivity index (χ0n) is 15.5. The first-order chi connectivity index (χ1) is 12.5. The fourth-order valence-corrected chi connectivity index (χ4v) is 3.42. The number of benzene rings is 1. The maximum absolute atomic E-state index is 12.6. The van der Waals surface area contributed by atoms with E-state index in [4.69, 9.17) is 4.74 Å². The van der Waals surface area contributed by atoms with Crippen molar-refractivity contribution in [3.05, 3.63) is 47.3 Å². The number of carbonyl (C=O) groups is 2. The second kappa shape index (κ2) is 7.72. The minimum Gasteiger partial charge on any atom is -0.449 e. The number of nitrogens with one attached hydrogen (secondary N) is 1. The van der Waals surface area contributed by atoms with Crippen molar-refractivity contribution in [3.63, 3.8) is 0 Å². The van der Waals surface area contributed by atoms with E-state index >= 15 is 0 Å². The van der Waals surface area contributed by atoms with Crippen LogP contribution in [0.3, 0.4) is 0 Å². The third-order valence-electron chi connectivity index (χ3n) is 4.85. The second-order valence-electron chi connectivity index (χ2n) is 6.83. The highest BCUT2D eigenvalue weighted by atomic mass is 16.5. The van der Waals surface area contributed by atoms with Crippen LogP contribution in [0.4, 0.5) is 0 Å². The predicted molar refractivity (Wildman–Crippen MR) is 98.3 cm³/mol. The maximum atomic E-state index is 12.6. The molecule has 6 nitrogen and oxygen atoms in total. The van der Waals surface area contributed by atoms with Crippen LogP contribution in [0.25, 0.3) is 5.69 Å². The van der Waals surface area contributed by atoms with Gasteiger partial charge in [0.2, 0.25) is 0 Å². The van der Waals surface area contributed by atoms with Gasteiger partial charge >= 0.3 is 5.97 Å². The van der Waals surface area contributed by atoms with Gasteiger partial charge < -0.3 is 10.1 Å². The summed E-state index contributed by atoms with van der Waals surface area (Å²) in [4.78, 5) is 24.9. The van der Waals surface area contributed by atoms with Crippen molar-refractivity contribution in [2.75, 3.05) is 0 Å². The quantitative estimate of drug-likeness (QED) is 0.837. The zero-order chi connectivity index (χ0) is 18.7. The summed E-state index contributed by atoms with van der Waals surface area (Å²) in [6.07, 6.45) is 3.43. The lowest BCUT2D eigenvalue weighted by atomic mass is 10.2. The maximum Gasteiger partial charge on any atom is 0.342 e. The molecule has 3 rings (SSSR count). The smallest absolute Gasteiger partial charge is 0.342 e. The molecule has 26 heavy (non-hydrogen) atoms. The van der Waals surface area contributed by atoms with E-state index in [0.29, 0.717) is 17.0 Å². The highest BCUT2D eigenvalue weighted by Gasteiger charge is 2.26. The normalized spacial score (nSPS) is 15.7. The van der Waals surface area contributed by atoms with Gasteiger partial charge in [-0.1, -0.05) is 31.0 Å². The van der Waals surface area contributed by atoms with Crippen LogP contribution < -0.4 is 5.32 Å². The molecule has 6 heteroatoms.